The van der Waals surface area contributed by atoms with E-state index in [1.165, 1.54) is 12.1 Å². The molecule has 31 heavy (non-hydrogen) atoms. The molecule has 1 atom stereocenters. The second-order valence-corrected chi connectivity index (χ2v) is 8.14. The molecule has 6 nitrogen and oxygen atoms in total. The maximum atomic E-state index is 13.1. The van der Waals surface area contributed by atoms with Crippen molar-refractivity contribution >= 4 is 5.91 Å². The van der Waals surface area contributed by atoms with Gasteiger partial charge in [-0.2, -0.15) is 0 Å². The molecule has 1 fully saturated rings. The molecule has 7 heteroatoms. The molecule has 0 saturated carbocycles. The molecule has 1 aliphatic heterocycles. The van der Waals surface area contributed by atoms with Gasteiger partial charge in [0.1, 0.15) is 11.6 Å². The fourth-order valence-electron chi connectivity index (χ4n) is 3.96. The molecule has 3 aromatic rings. The Morgan fingerprint density at radius 1 is 1.23 bits per heavy atom. The van der Waals surface area contributed by atoms with E-state index in [2.05, 4.69) is 9.97 Å². The Hall–Kier alpha value is -3.06. The van der Waals surface area contributed by atoms with Crippen LogP contribution in [0.25, 0.3) is 0 Å². The number of oxazole rings is 1. The number of halogens is 1. The molecule has 0 unspecified atom stereocenters. The van der Waals surface area contributed by atoms with Gasteiger partial charge in [-0.25, -0.2) is 9.37 Å². The normalized spacial score (nSPS) is 16.6. The van der Waals surface area contributed by atoms with Crippen LogP contribution in [0.3, 0.4) is 0 Å². The summed E-state index contributed by atoms with van der Waals surface area (Å²) in [5.41, 5.74) is 1.92. The fraction of sp³-hybridized carbons (Fsp3) is 0.375. The first kappa shape index (κ1) is 21.2. The molecular weight excluding hydrogens is 395 g/mol. The van der Waals surface area contributed by atoms with E-state index in [4.69, 9.17) is 4.42 Å². The summed E-state index contributed by atoms with van der Waals surface area (Å²) in [6.45, 7) is 2.36. The van der Waals surface area contributed by atoms with Gasteiger partial charge in [-0.05, 0) is 49.7 Å². The summed E-state index contributed by atoms with van der Waals surface area (Å²) in [6.07, 6.45) is 5.95. The average molecular weight is 423 g/mol. The lowest BCUT2D eigenvalue weighted by atomic mass is 9.98. The van der Waals surface area contributed by atoms with Crippen LogP contribution >= 0.6 is 0 Å². The van der Waals surface area contributed by atoms with Crippen LogP contribution in [0.5, 0.6) is 0 Å². The topological polar surface area (TPSA) is 62.5 Å². The van der Waals surface area contributed by atoms with Crippen LogP contribution in [0.1, 0.15) is 41.7 Å². The van der Waals surface area contributed by atoms with E-state index < -0.39 is 0 Å². The van der Waals surface area contributed by atoms with E-state index in [-0.39, 0.29) is 17.6 Å². The lowest BCUT2D eigenvalue weighted by Gasteiger charge is -2.32. The summed E-state index contributed by atoms with van der Waals surface area (Å²) < 4.78 is 19.1. The monoisotopic (exact) mass is 422 g/mol. The summed E-state index contributed by atoms with van der Waals surface area (Å²) in [5, 5.41) is 0. The van der Waals surface area contributed by atoms with Crippen LogP contribution in [-0.4, -0.2) is 52.4 Å². The highest BCUT2D eigenvalue weighted by molar-refractivity contribution is 5.78. The predicted molar refractivity (Wildman–Crippen MR) is 115 cm³/mol. The molecule has 162 valence electrons. The number of piperidine rings is 1. The summed E-state index contributed by atoms with van der Waals surface area (Å²) in [4.78, 5) is 25.5. The summed E-state index contributed by atoms with van der Waals surface area (Å²) >= 11 is 0. The van der Waals surface area contributed by atoms with Gasteiger partial charge in [0.25, 0.3) is 0 Å². The quantitative estimate of drug-likeness (QED) is 0.582. The second kappa shape index (κ2) is 9.83. The lowest BCUT2D eigenvalue weighted by Crippen LogP contribution is -2.43. The SMILES string of the molecule is CN(CC(=O)N1CCC[C@H](c2ncc(Cc3ccc(F)cc3)o2)C1)Cc1ccccn1. The highest BCUT2D eigenvalue weighted by atomic mass is 19.1. The van der Waals surface area contributed by atoms with E-state index in [0.717, 1.165) is 36.4 Å². The van der Waals surface area contributed by atoms with Crippen molar-refractivity contribution < 1.29 is 13.6 Å². The number of nitrogens with zero attached hydrogens (tertiary/aromatic N) is 4. The Balaban J connectivity index is 1.32. The van der Waals surface area contributed by atoms with Crippen molar-refractivity contribution in [2.75, 3.05) is 26.7 Å². The van der Waals surface area contributed by atoms with E-state index in [1.54, 1.807) is 24.5 Å². The number of hydrogen-bond acceptors (Lipinski definition) is 5. The third-order valence-electron chi connectivity index (χ3n) is 5.55. The Morgan fingerprint density at radius 2 is 2.06 bits per heavy atom. The van der Waals surface area contributed by atoms with E-state index >= 15 is 0 Å². The third kappa shape index (κ3) is 5.76. The number of rotatable bonds is 7. The zero-order valence-electron chi connectivity index (χ0n) is 17.7. The molecule has 1 amide bonds. The smallest absolute Gasteiger partial charge is 0.236 e. The first-order valence-corrected chi connectivity index (χ1v) is 10.6. The molecule has 1 aromatic carbocycles. The molecule has 0 radical (unpaired) electrons. The van der Waals surface area contributed by atoms with Crippen molar-refractivity contribution in [1.29, 1.82) is 0 Å². The molecule has 1 saturated heterocycles. The maximum Gasteiger partial charge on any atom is 0.236 e. The maximum absolute atomic E-state index is 13.1. The Bertz CT molecular complexity index is 990. The average Bonchev–Trinajstić information content (AvgIpc) is 3.24. The number of amides is 1. The molecule has 0 aliphatic carbocycles. The molecule has 1 aliphatic rings. The minimum absolute atomic E-state index is 0.0979. The van der Waals surface area contributed by atoms with Gasteiger partial charge in [-0.3, -0.25) is 14.7 Å². The Morgan fingerprint density at radius 3 is 2.84 bits per heavy atom. The number of carbonyl (C=O) groups excluding carboxylic acids is 1. The zero-order chi connectivity index (χ0) is 21.6. The number of likely N-dealkylation sites (N-methyl/N-ethyl adjacent to an activating group) is 1. The number of pyridine rings is 1. The number of hydrogen-bond donors (Lipinski definition) is 0. The minimum Gasteiger partial charge on any atom is -0.445 e. The second-order valence-electron chi connectivity index (χ2n) is 8.14. The molecule has 0 N–H and O–H groups in total. The van der Waals surface area contributed by atoms with E-state index in [9.17, 15) is 9.18 Å². The van der Waals surface area contributed by atoms with Crippen molar-refractivity contribution in [3.8, 4) is 0 Å². The van der Waals surface area contributed by atoms with E-state index in [1.807, 2.05) is 35.0 Å². The Kier molecular flexibility index (Phi) is 6.72. The largest absolute Gasteiger partial charge is 0.445 e. The predicted octanol–water partition coefficient (Wildman–Crippen LogP) is 3.64. The summed E-state index contributed by atoms with van der Waals surface area (Å²) in [7, 11) is 1.93. The highest BCUT2D eigenvalue weighted by Gasteiger charge is 2.28. The van der Waals surface area contributed by atoms with Crippen LogP contribution in [0.15, 0.2) is 59.3 Å². The van der Waals surface area contributed by atoms with E-state index in [0.29, 0.717) is 31.9 Å². The van der Waals surface area contributed by atoms with Crippen molar-refractivity contribution in [2.45, 2.75) is 31.7 Å². The van der Waals surface area contributed by atoms with Crippen LogP contribution in [-0.2, 0) is 17.8 Å². The minimum atomic E-state index is -0.250. The van der Waals surface area contributed by atoms with Crippen LogP contribution in [0.4, 0.5) is 4.39 Å². The van der Waals surface area contributed by atoms with Crippen molar-refractivity contribution in [3.05, 3.63) is 83.6 Å². The molecular formula is C24H27FN4O2. The zero-order valence-corrected chi connectivity index (χ0v) is 17.7. The van der Waals surface area contributed by atoms with Gasteiger partial charge in [-0.15, -0.1) is 0 Å². The lowest BCUT2D eigenvalue weighted by molar-refractivity contribution is -0.133. The molecule has 4 rings (SSSR count). The van der Waals surface area contributed by atoms with Crippen LogP contribution in [0.2, 0.25) is 0 Å². The number of aromatic nitrogens is 2. The summed E-state index contributed by atoms with van der Waals surface area (Å²) in [5.74, 6) is 1.39. The van der Waals surface area contributed by atoms with Gasteiger partial charge in [-0.1, -0.05) is 18.2 Å². The van der Waals surface area contributed by atoms with Gasteiger partial charge in [0.2, 0.25) is 5.91 Å². The molecule has 3 heterocycles. The van der Waals surface area contributed by atoms with Gasteiger partial charge in [0.05, 0.1) is 24.4 Å². The van der Waals surface area contributed by atoms with Crippen LogP contribution < -0.4 is 0 Å². The number of benzene rings is 1. The van der Waals surface area contributed by atoms with Crippen molar-refractivity contribution in [1.82, 2.24) is 19.8 Å². The third-order valence-corrected chi connectivity index (χ3v) is 5.55. The fourth-order valence-corrected chi connectivity index (χ4v) is 3.96. The first-order chi connectivity index (χ1) is 15.1. The van der Waals surface area contributed by atoms with Gasteiger partial charge in [0, 0.05) is 32.3 Å². The standard InChI is InChI=1S/C24H27FN4O2/c1-28(16-21-6-2-3-11-26-21)17-23(30)29-12-4-5-19(15-29)24-27-14-22(31-24)13-18-7-9-20(25)10-8-18/h2-3,6-11,14,19H,4-5,12-13,15-17H2,1H3/t19-/m0/s1. The molecule has 0 spiro atoms. The Labute approximate surface area is 181 Å². The van der Waals surface area contributed by atoms with Gasteiger partial charge in [0.15, 0.2) is 5.89 Å². The summed E-state index contributed by atoms with van der Waals surface area (Å²) in [6, 6.07) is 12.2. The highest BCUT2D eigenvalue weighted by Crippen LogP contribution is 2.27. The first-order valence-electron chi connectivity index (χ1n) is 10.6. The van der Waals surface area contributed by atoms with Crippen molar-refractivity contribution in [3.63, 3.8) is 0 Å². The number of carbonyl (C=O) groups is 1. The van der Waals surface area contributed by atoms with Crippen LogP contribution in [0, 0.1) is 5.82 Å². The van der Waals surface area contributed by atoms with Gasteiger partial charge >= 0.3 is 0 Å². The van der Waals surface area contributed by atoms with Crippen molar-refractivity contribution in [2.24, 2.45) is 0 Å². The van der Waals surface area contributed by atoms with Gasteiger partial charge < -0.3 is 9.32 Å². The number of likely N-dealkylation sites (tertiary alicyclic amines) is 1. The molecule has 2 aromatic heterocycles. The molecule has 0 bridgehead atoms.